The van der Waals surface area contributed by atoms with Gasteiger partial charge in [-0.2, -0.15) is 22.0 Å². The highest BCUT2D eigenvalue weighted by Crippen LogP contribution is 2.41. The molecule has 2 heterocycles. The van der Waals surface area contributed by atoms with Crippen LogP contribution in [0, 0.1) is 5.82 Å². The summed E-state index contributed by atoms with van der Waals surface area (Å²) in [5, 5.41) is 6.98. The van der Waals surface area contributed by atoms with E-state index in [1.807, 2.05) is 37.3 Å². The smallest absolute Gasteiger partial charge is 0.423 e. The minimum absolute atomic E-state index is 0.0492. The van der Waals surface area contributed by atoms with Crippen molar-refractivity contribution in [1.29, 1.82) is 0 Å². The van der Waals surface area contributed by atoms with Crippen LogP contribution in [0.5, 0.6) is 5.75 Å². The molecule has 1 N–H and O–H groups in total. The third-order valence-electron chi connectivity index (χ3n) is 6.50. The van der Waals surface area contributed by atoms with Gasteiger partial charge in [0.05, 0.1) is 5.69 Å². The highest BCUT2D eigenvalue weighted by Gasteiger charge is 2.61. The molecule has 1 aromatic heterocycles. The molecule has 216 valence electrons. The van der Waals surface area contributed by atoms with Crippen LogP contribution in [0.25, 0.3) is 11.3 Å². The Morgan fingerprint density at radius 1 is 1.05 bits per heavy atom. The topological polar surface area (TPSA) is 70.8 Å². The summed E-state index contributed by atoms with van der Waals surface area (Å²) in [4.78, 5) is 16.6. The van der Waals surface area contributed by atoms with Gasteiger partial charge in [-0.05, 0) is 25.1 Å². The monoisotopic (exact) mass is 570 g/mol. The van der Waals surface area contributed by atoms with E-state index in [9.17, 15) is 31.1 Å². The Labute approximate surface area is 226 Å². The van der Waals surface area contributed by atoms with E-state index in [0.29, 0.717) is 75.2 Å². The van der Waals surface area contributed by atoms with Crippen molar-refractivity contribution >= 4 is 11.6 Å². The molecule has 0 bridgehead atoms. The van der Waals surface area contributed by atoms with Gasteiger partial charge in [-0.3, -0.25) is 9.69 Å². The number of hydrogen-bond donors (Lipinski definition) is 1. The van der Waals surface area contributed by atoms with Gasteiger partial charge in [0.15, 0.2) is 5.75 Å². The number of benzene rings is 2. The number of ether oxygens (including phenoxy) is 1. The van der Waals surface area contributed by atoms with E-state index in [1.165, 1.54) is 0 Å². The Morgan fingerprint density at radius 2 is 1.75 bits per heavy atom. The molecule has 3 aromatic rings. The largest absolute Gasteiger partial charge is 0.499 e. The van der Waals surface area contributed by atoms with Crippen molar-refractivity contribution < 1.29 is 40.4 Å². The molecular formula is C27H28F6N4O3. The predicted octanol–water partition coefficient (Wildman–Crippen LogP) is 5.52. The first-order chi connectivity index (χ1) is 19.0. The molecule has 4 rings (SSSR count). The quantitative estimate of drug-likeness (QED) is 0.256. The van der Waals surface area contributed by atoms with Crippen molar-refractivity contribution in [3.8, 4) is 17.0 Å². The van der Waals surface area contributed by atoms with Gasteiger partial charge < -0.3 is 19.5 Å². The Kier molecular flexibility index (Phi) is 8.92. The minimum atomic E-state index is -5.94. The van der Waals surface area contributed by atoms with E-state index in [4.69, 9.17) is 4.52 Å². The number of halogens is 6. The van der Waals surface area contributed by atoms with Crippen molar-refractivity contribution in [2.24, 2.45) is 0 Å². The fourth-order valence-electron chi connectivity index (χ4n) is 4.42. The van der Waals surface area contributed by atoms with Crippen LogP contribution in [0.1, 0.15) is 29.5 Å². The van der Waals surface area contributed by atoms with Crippen molar-refractivity contribution in [3.05, 3.63) is 65.7 Å². The number of nitrogens with zero attached hydrogens (tertiary/aromatic N) is 3. The van der Waals surface area contributed by atoms with Crippen molar-refractivity contribution in [2.75, 3.05) is 44.2 Å². The number of alkyl halides is 5. The number of nitrogens with one attached hydrogen (secondary N) is 1. The van der Waals surface area contributed by atoms with Crippen LogP contribution in [0.4, 0.5) is 32.0 Å². The molecule has 1 aliphatic heterocycles. The lowest BCUT2D eigenvalue weighted by Gasteiger charge is -2.37. The van der Waals surface area contributed by atoms with Gasteiger partial charge in [0, 0.05) is 50.8 Å². The van der Waals surface area contributed by atoms with Crippen LogP contribution in [-0.4, -0.2) is 67.5 Å². The average Bonchev–Trinajstić information content (AvgIpc) is 3.36. The lowest BCUT2D eigenvalue weighted by atomic mass is 10.0. The number of carbonyl (C=O) groups excluding carboxylic acids is 1. The molecule has 0 aliphatic carbocycles. The zero-order valence-corrected chi connectivity index (χ0v) is 21.6. The summed E-state index contributed by atoms with van der Waals surface area (Å²) in [6.07, 6.45) is -10.3. The summed E-state index contributed by atoms with van der Waals surface area (Å²) >= 11 is 0. The van der Waals surface area contributed by atoms with Crippen LogP contribution < -0.4 is 15.0 Å². The van der Waals surface area contributed by atoms with E-state index >= 15 is 0 Å². The van der Waals surface area contributed by atoms with Crippen LogP contribution in [0.3, 0.4) is 0 Å². The summed E-state index contributed by atoms with van der Waals surface area (Å²) in [6.45, 7) is 4.41. The molecule has 40 heavy (non-hydrogen) atoms. The fraction of sp³-hybridized carbons (Fsp3) is 0.407. The van der Waals surface area contributed by atoms with Gasteiger partial charge in [-0.1, -0.05) is 42.4 Å². The summed E-state index contributed by atoms with van der Waals surface area (Å²) in [6, 6.07) is 11.9. The standard InChI is InChI=1S/C27H28F6N4O3/c1-2-21-23(24(35-40-21)18-7-4-3-5-8-18)25(38)34-11-6-12-36-13-15-37(16-14-36)20-10-9-19(28)17-22(20)39-27(32,33)26(29,30)31/h3-5,7-10,17H,2,6,11-16H2,1H3,(H,34,38). The van der Waals surface area contributed by atoms with Crippen molar-refractivity contribution in [2.45, 2.75) is 32.1 Å². The molecular weight excluding hydrogens is 542 g/mol. The van der Waals surface area contributed by atoms with Crippen LogP contribution in [-0.2, 0) is 6.42 Å². The molecule has 7 nitrogen and oxygen atoms in total. The van der Waals surface area contributed by atoms with Gasteiger partial charge in [0.25, 0.3) is 5.91 Å². The van der Waals surface area contributed by atoms with Crippen molar-refractivity contribution in [3.63, 3.8) is 0 Å². The molecule has 1 amide bonds. The first-order valence-electron chi connectivity index (χ1n) is 12.7. The third-order valence-corrected chi connectivity index (χ3v) is 6.50. The van der Waals surface area contributed by atoms with E-state index in [1.54, 1.807) is 4.90 Å². The Bertz CT molecular complexity index is 1290. The van der Waals surface area contributed by atoms with Gasteiger partial charge in [-0.15, -0.1) is 0 Å². The number of carbonyl (C=O) groups is 1. The normalized spacial score (nSPS) is 14.8. The molecule has 0 saturated carbocycles. The SMILES string of the molecule is CCc1onc(-c2ccccc2)c1C(=O)NCCCN1CCN(c2ccc(F)cc2OC(F)(F)C(F)(F)F)CC1. The molecule has 13 heteroatoms. The number of hydrogen-bond acceptors (Lipinski definition) is 6. The van der Waals surface area contributed by atoms with E-state index < -0.39 is 23.9 Å². The molecule has 1 aliphatic rings. The first-order valence-corrected chi connectivity index (χ1v) is 12.7. The molecule has 0 spiro atoms. The second kappa shape index (κ2) is 12.2. The maximum Gasteiger partial charge on any atom is 0.499 e. The number of rotatable bonds is 10. The Morgan fingerprint density at radius 3 is 2.40 bits per heavy atom. The Hall–Kier alpha value is -3.74. The molecule has 2 aromatic carbocycles. The van der Waals surface area contributed by atoms with Crippen molar-refractivity contribution in [1.82, 2.24) is 15.4 Å². The summed E-state index contributed by atoms with van der Waals surface area (Å²) in [5.41, 5.74) is 1.59. The molecule has 1 fully saturated rings. The molecule has 0 radical (unpaired) electrons. The summed E-state index contributed by atoms with van der Waals surface area (Å²) in [7, 11) is 0. The van der Waals surface area contributed by atoms with Crippen LogP contribution in [0.2, 0.25) is 0 Å². The van der Waals surface area contributed by atoms with E-state index in [2.05, 4.69) is 20.1 Å². The van der Waals surface area contributed by atoms with Gasteiger partial charge in [0.2, 0.25) is 0 Å². The average molecular weight is 571 g/mol. The number of aryl methyl sites for hydroxylation is 1. The summed E-state index contributed by atoms with van der Waals surface area (Å²) < 4.78 is 87.9. The zero-order valence-electron chi connectivity index (χ0n) is 21.6. The maximum absolute atomic E-state index is 13.6. The van der Waals surface area contributed by atoms with Crippen LogP contribution in [0.15, 0.2) is 53.1 Å². The molecule has 1 saturated heterocycles. The number of amides is 1. The summed E-state index contributed by atoms with van der Waals surface area (Å²) in [5.74, 6) is -1.68. The molecule has 0 atom stereocenters. The van der Waals surface area contributed by atoms with E-state index in [-0.39, 0.29) is 11.6 Å². The molecule has 0 unspecified atom stereocenters. The predicted molar refractivity (Wildman–Crippen MR) is 135 cm³/mol. The number of anilines is 1. The zero-order chi connectivity index (χ0) is 28.9. The van der Waals surface area contributed by atoms with E-state index in [0.717, 1.165) is 17.7 Å². The van der Waals surface area contributed by atoms with Crippen LogP contribution >= 0.6 is 0 Å². The Balaban J connectivity index is 1.29. The second-order valence-corrected chi connectivity index (χ2v) is 9.22. The van der Waals surface area contributed by atoms with Gasteiger partial charge >= 0.3 is 12.3 Å². The first kappa shape index (κ1) is 29.2. The second-order valence-electron chi connectivity index (χ2n) is 9.22. The number of piperazine rings is 1. The third kappa shape index (κ3) is 6.69. The van der Waals surface area contributed by atoms with Gasteiger partial charge in [-0.25, -0.2) is 4.39 Å². The number of aromatic nitrogens is 1. The lowest BCUT2D eigenvalue weighted by molar-refractivity contribution is -0.360. The highest BCUT2D eigenvalue weighted by molar-refractivity contribution is 6.00. The fourth-order valence-corrected chi connectivity index (χ4v) is 4.42. The minimum Gasteiger partial charge on any atom is -0.423 e. The lowest BCUT2D eigenvalue weighted by Crippen LogP contribution is -2.47. The maximum atomic E-state index is 13.6. The van der Waals surface area contributed by atoms with Gasteiger partial charge in [0.1, 0.15) is 22.8 Å². The highest BCUT2D eigenvalue weighted by atomic mass is 19.4.